The molecule has 0 fully saturated rings. The van der Waals surface area contributed by atoms with Gasteiger partial charge < -0.3 is 25.1 Å². The number of carbonyl (C=O) groups excluding carboxylic acids is 4. The third kappa shape index (κ3) is 6.07. The molecule has 13 nitrogen and oxygen atoms in total. The molecule has 0 aliphatic heterocycles. The average molecular weight is 598 g/mol. The van der Waals surface area contributed by atoms with Crippen molar-refractivity contribution in [3.8, 4) is 0 Å². The molecular weight excluding hydrogens is 566 g/mol. The maximum Gasteiger partial charge on any atom is 0.435 e. The summed E-state index contributed by atoms with van der Waals surface area (Å²) in [6.07, 6.45) is 1.26. The minimum Gasteiger partial charge on any atom is -0.448 e. The standard InChI is InChI=1S/C31H31N7O6/c1-5-17-43-30(42)38-23-18-24(29(41)35-31(2,3)19-11-7-6-8-12-19)44-25(23)26(36-38)34-27(39)20-13-9-10-14-21(20)33-28(40)22-15-16-32-37(22)4/h6-16,18H,5,17H2,1-4H3,(H,33,40)(H,35,41)(H,34,36,39). The molecule has 0 saturated carbocycles. The topological polar surface area (TPSA) is 162 Å². The van der Waals surface area contributed by atoms with Gasteiger partial charge in [0.1, 0.15) is 11.2 Å². The zero-order valence-electron chi connectivity index (χ0n) is 24.6. The quantitative estimate of drug-likeness (QED) is 0.215. The first kappa shape index (κ1) is 29.8. The number of furan rings is 1. The van der Waals surface area contributed by atoms with Crippen molar-refractivity contribution in [1.82, 2.24) is 24.9 Å². The molecule has 3 aromatic heterocycles. The minimum absolute atomic E-state index is 0.00846. The summed E-state index contributed by atoms with van der Waals surface area (Å²) in [5, 5.41) is 16.5. The van der Waals surface area contributed by atoms with E-state index in [4.69, 9.17) is 9.15 Å². The number of hydrogen-bond donors (Lipinski definition) is 3. The average Bonchev–Trinajstić information content (AvgIpc) is 3.72. The lowest BCUT2D eigenvalue weighted by Gasteiger charge is -2.26. The molecule has 2 aromatic carbocycles. The van der Waals surface area contributed by atoms with Crippen molar-refractivity contribution < 1.29 is 28.3 Å². The molecule has 0 unspecified atom stereocenters. The number of hydrogen-bond acceptors (Lipinski definition) is 8. The van der Waals surface area contributed by atoms with Gasteiger partial charge in [-0.1, -0.05) is 49.4 Å². The number of rotatable bonds is 9. The first-order valence-electron chi connectivity index (χ1n) is 13.9. The second-order valence-electron chi connectivity index (χ2n) is 10.4. The van der Waals surface area contributed by atoms with Crippen LogP contribution in [0.2, 0.25) is 0 Å². The summed E-state index contributed by atoms with van der Waals surface area (Å²) in [5.74, 6) is -1.86. The summed E-state index contributed by atoms with van der Waals surface area (Å²) >= 11 is 0. The summed E-state index contributed by atoms with van der Waals surface area (Å²) in [5.41, 5.74) is 0.895. The van der Waals surface area contributed by atoms with E-state index in [0.29, 0.717) is 12.1 Å². The molecule has 13 heteroatoms. The zero-order valence-corrected chi connectivity index (χ0v) is 24.6. The number of nitrogens with one attached hydrogen (secondary N) is 3. The molecular formula is C31H31N7O6. The number of nitrogens with zero attached hydrogens (tertiary/aromatic N) is 4. The lowest BCUT2D eigenvalue weighted by atomic mass is 9.94. The molecule has 0 bridgehead atoms. The fourth-order valence-corrected chi connectivity index (χ4v) is 4.51. The zero-order chi connectivity index (χ0) is 31.4. The molecule has 3 amide bonds. The number of carbonyl (C=O) groups is 4. The van der Waals surface area contributed by atoms with E-state index in [0.717, 1.165) is 10.2 Å². The number of anilines is 2. The van der Waals surface area contributed by atoms with Crippen LogP contribution in [0.1, 0.15) is 64.2 Å². The Morgan fingerprint density at radius 3 is 2.36 bits per heavy atom. The third-order valence-corrected chi connectivity index (χ3v) is 6.81. The minimum atomic E-state index is -0.807. The van der Waals surface area contributed by atoms with Crippen LogP contribution in [-0.2, 0) is 17.3 Å². The van der Waals surface area contributed by atoms with Crippen LogP contribution in [0.25, 0.3) is 11.1 Å². The van der Waals surface area contributed by atoms with E-state index in [9.17, 15) is 19.2 Å². The lowest BCUT2D eigenvalue weighted by molar-refractivity contribution is 0.0884. The van der Waals surface area contributed by atoms with Crippen molar-refractivity contribution in [3.05, 3.63) is 95.5 Å². The lowest BCUT2D eigenvalue weighted by Crippen LogP contribution is -2.40. The molecule has 226 valence electrons. The Bertz CT molecular complexity index is 1850. The number of aryl methyl sites for hydroxylation is 1. The van der Waals surface area contributed by atoms with Gasteiger partial charge in [0.15, 0.2) is 17.2 Å². The maximum atomic E-state index is 13.5. The largest absolute Gasteiger partial charge is 0.448 e. The van der Waals surface area contributed by atoms with Crippen LogP contribution in [-0.4, -0.2) is 50.0 Å². The molecule has 3 N–H and O–H groups in total. The highest BCUT2D eigenvalue weighted by Crippen LogP contribution is 2.29. The predicted octanol–water partition coefficient (Wildman–Crippen LogP) is 4.93. The second kappa shape index (κ2) is 12.3. The first-order chi connectivity index (χ1) is 21.1. The van der Waals surface area contributed by atoms with Gasteiger partial charge in [-0.25, -0.2) is 4.79 Å². The summed E-state index contributed by atoms with van der Waals surface area (Å²) in [6, 6.07) is 18.7. The molecule has 0 radical (unpaired) electrons. The Morgan fingerprint density at radius 2 is 1.66 bits per heavy atom. The van der Waals surface area contributed by atoms with Crippen molar-refractivity contribution in [2.75, 3.05) is 17.2 Å². The van der Waals surface area contributed by atoms with Crippen LogP contribution >= 0.6 is 0 Å². The first-order valence-corrected chi connectivity index (χ1v) is 13.9. The molecule has 0 spiro atoms. The third-order valence-electron chi connectivity index (χ3n) is 6.81. The van der Waals surface area contributed by atoms with Gasteiger partial charge in [0.2, 0.25) is 0 Å². The summed E-state index contributed by atoms with van der Waals surface area (Å²) in [6.45, 7) is 5.69. The van der Waals surface area contributed by atoms with E-state index < -0.39 is 29.4 Å². The van der Waals surface area contributed by atoms with Gasteiger partial charge in [-0.3, -0.25) is 19.1 Å². The number of para-hydroxylation sites is 1. The Hall–Kier alpha value is -5.72. The molecule has 0 aliphatic rings. The van der Waals surface area contributed by atoms with Gasteiger partial charge in [-0.2, -0.15) is 9.78 Å². The van der Waals surface area contributed by atoms with Gasteiger partial charge in [0.25, 0.3) is 17.7 Å². The van der Waals surface area contributed by atoms with Crippen molar-refractivity contribution in [3.63, 3.8) is 0 Å². The smallest absolute Gasteiger partial charge is 0.435 e. The monoisotopic (exact) mass is 597 g/mol. The summed E-state index contributed by atoms with van der Waals surface area (Å²) < 4.78 is 13.5. The van der Waals surface area contributed by atoms with Crippen molar-refractivity contribution in [2.24, 2.45) is 7.05 Å². The van der Waals surface area contributed by atoms with Crippen molar-refractivity contribution in [1.29, 1.82) is 0 Å². The predicted molar refractivity (Wildman–Crippen MR) is 162 cm³/mol. The van der Waals surface area contributed by atoms with E-state index in [2.05, 4.69) is 26.1 Å². The molecule has 3 heterocycles. The highest BCUT2D eigenvalue weighted by atomic mass is 16.6. The highest BCUT2D eigenvalue weighted by Gasteiger charge is 2.29. The van der Waals surface area contributed by atoms with E-state index in [1.54, 1.807) is 31.3 Å². The van der Waals surface area contributed by atoms with Crippen LogP contribution in [0.5, 0.6) is 0 Å². The number of ether oxygens (including phenoxy) is 1. The molecule has 5 aromatic rings. The fourth-order valence-electron chi connectivity index (χ4n) is 4.51. The molecule has 0 aliphatic carbocycles. The van der Waals surface area contributed by atoms with Crippen molar-refractivity contribution >= 4 is 46.4 Å². The summed E-state index contributed by atoms with van der Waals surface area (Å²) in [4.78, 5) is 52.4. The fraction of sp³-hybridized carbons (Fsp3) is 0.226. The van der Waals surface area contributed by atoms with Crippen LogP contribution in [0, 0.1) is 0 Å². The molecule has 0 atom stereocenters. The van der Waals surface area contributed by atoms with Crippen LogP contribution < -0.4 is 16.0 Å². The van der Waals surface area contributed by atoms with Crippen LogP contribution in [0.4, 0.5) is 16.3 Å². The van der Waals surface area contributed by atoms with E-state index >= 15 is 0 Å². The number of amides is 3. The van der Waals surface area contributed by atoms with Crippen LogP contribution in [0.15, 0.2) is 77.3 Å². The SMILES string of the molecule is CCCOC(=O)n1nc(NC(=O)c2ccccc2NC(=O)c2ccnn2C)c2oc(C(=O)NC(C)(C)c3ccccc3)cc21. The van der Waals surface area contributed by atoms with Crippen LogP contribution in [0.3, 0.4) is 0 Å². The Balaban J connectivity index is 1.45. The number of benzene rings is 2. The Kier molecular flexibility index (Phi) is 8.29. The van der Waals surface area contributed by atoms with E-state index in [-0.39, 0.29) is 40.5 Å². The number of fused-ring (bicyclic) bond motifs is 1. The normalized spacial score (nSPS) is 11.3. The number of aromatic nitrogens is 4. The van der Waals surface area contributed by atoms with Gasteiger partial charge in [0.05, 0.1) is 23.4 Å². The maximum absolute atomic E-state index is 13.5. The van der Waals surface area contributed by atoms with Gasteiger partial charge in [-0.15, -0.1) is 5.10 Å². The van der Waals surface area contributed by atoms with E-state index in [1.165, 1.54) is 23.0 Å². The molecule has 5 rings (SSSR count). The molecule has 44 heavy (non-hydrogen) atoms. The van der Waals surface area contributed by atoms with Gasteiger partial charge >= 0.3 is 6.09 Å². The van der Waals surface area contributed by atoms with Crippen molar-refractivity contribution in [2.45, 2.75) is 32.7 Å². The second-order valence-corrected chi connectivity index (χ2v) is 10.4. The molecule has 0 saturated heterocycles. The Labute approximate surface area is 252 Å². The summed E-state index contributed by atoms with van der Waals surface area (Å²) in [7, 11) is 1.63. The highest BCUT2D eigenvalue weighted by molar-refractivity contribution is 6.14. The van der Waals surface area contributed by atoms with Gasteiger partial charge in [-0.05, 0) is 44.0 Å². The Morgan fingerprint density at radius 1 is 0.932 bits per heavy atom. The van der Waals surface area contributed by atoms with E-state index in [1.807, 2.05) is 51.1 Å². The van der Waals surface area contributed by atoms with Gasteiger partial charge in [0, 0.05) is 19.3 Å².